The molecule has 0 aromatic heterocycles. The molecule has 2 N–H and O–H groups in total. The first kappa shape index (κ1) is 26.0. The van der Waals surface area contributed by atoms with Gasteiger partial charge in [-0.1, -0.05) is 29.3 Å². The first-order valence-corrected chi connectivity index (χ1v) is 13.8. The highest BCUT2D eigenvalue weighted by Crippen LogP contribution is 2.32. The number of ether oxygens (including phenoxy) is 2. The van der Waals surface area contributed by atoms with Gasteiger partial charge in [-0.25, -0.2) is 16.8 Å². The maximum Gasteiger partial charge on any atom is 0.262 e. The van der Waals surface area contributed by atoms with E-state index in [9.17, 15) is 16.8 Å². The van der Waals surface area contributed by atoms with Crippen LogP contribution < -0.4 is 18.9 Å². The van der Waals surface area contributed by atoms with Gasteiger partial charge in [0.05, 0.1) is 38.7 Å². The van der Waals surface area contributed by atoms with Crippen LogP contribution in [0.3, 0.4) is 0 Å². The van der Waals surface area contributed by atoms with Gasteiger partial charge in [0, 0.05) is 11.8 Å². The maximum atomic E-state index is 12.9. The van der Waals surface area contributed by atoms with Crippen LogP contribution in [0.5, 0.6) is 11.5 Å². The van der Waals surface area contributed by atoms with Gasteiger partial charge in [-0.05, 0) is 62.4 Å². The summed E-state index contributed by atoms with van der Waals surface area (Å²) < 4.78 is 66.8. The lowest BCUT2D eigenvalue weighted by molar-refractivity contribution is 0.287. The van der Waals surface area contributed by atoms with Crippen molar-refractivity contribution in [2.45, 2.75) is 23.6 Å². The van der Waals surface area contributed by atoms with Crippen molar-refractivity contribution >= 4 is 54.6 Å². The van der Waals surface area contributed by atoms with E-state index in [1.165, 1.54) is 54.6 Å². The molecule has 0 atom stereocenters. The molecule has 0 aliphatic carbocycles. The Morgan fingerprint density at radius 3 is 1.97 bits per heavy atom. The summed E-state index contributed by atoms with van der Waals surface area (Å²) >= 11 is 12.0. The predicted octanol–water partition coefficient (Wildman–Crippen LogP) is 5.39. The van der Waals surface area contributed by atoms with Crippen molar-refractivity contribution in [3.05, 3.63) is 70.7 Å². The van der Waals surface area contributed by atoms with E-state index < -0.39 is 20.0 Å². The van der Waals surface area contributed by atoms with Gasteiger partial charge in [-0.3, -0.25) is 9.44 Å². The standard InChI is InChI=1S/C22H22Cl2N2O6S2/c1-3-31-20-13-12-17(14-21(20)32-4-2)34(29,30)25-15-8-10-16(11-9-15)33(27,28)26-19-7-5-6-18(23)22(19)24/h5-14,25-26H,3-4H2,1-2H3. The van der Waals surface area contributed by atoms with E-state index in [-0.39, 0.29) is 31.2 Å². The number of hydrogen-bond donors (Lipinski definition) is 2. The minimum Gasteiger partial charge on any atom is -0.490 e. The molecule has 0 spiro atoms. The van der Waals surface area contributed by atoms with Gasteiger partial charge in [-0.2, -0.15) is 0 Å². The average Bonchev–Trinajstić information content (AvgIpc) is 2.78. The van der Waals surface area contributed by atoms with Gasteiger partial charge in [-0.15, -0.1) is 0 Å². The molecule has 8 nitrogen and oxygen atoms in total. The summed E-state index contributed by atoms with van der Waals surface area (Å²) in [7, 11) is -7.96. The summed E-state index contributed by atoms with van der Waals surface area (Å²) in [4.78, 5) is -0.125. The van der Waals surface area contributed by atoms with Crippen molar-refractivity contribution in [2.75, 3.05) is 22.7 Å². The highest BCUT2D eigenvalue weighted by Gasteiger charge is 2.20. The summed E-state index contributed by atoms with van der Waals surface area (Å²) in [6.07, 6.45) is 0. The third kappa shape index (κ3) is 6.06. The SMILES string of the molecule is CCOc1ccc(S(=O)(=O)Nc2ccc(S(=O)(=O)Nc3cccc(Cl)c3Cl)cc2)cc1OCC. The Labute approximate surface area is 208 Å². The molecule has 0 aliphatic heterocycles. The van der Waals surface area contributed by atoms with Crippen LogP contribution in [-0.2, 0) is 20.0 Å². The van der Waals surface area contributed by atoms with Gasteiger partial charge in [0.25, 0.3) is 20.0 Å². The maximum absolute atomic E-state index is 12.9. The first-order valence-electron chi connectivity index (χ1n) is 10.1. The second kappa shape index (κ2) is 10.7. The van der Waals surface area contributed by atoms with Gasteiger partial charge in [0.1, 0.15) is 0 Å². The second-order valence-electron chi connectivity index (χ2n) is 6.81. The monoisotopic (exact) mass is 544 g/mol. The van der Waals surface area contributed by atoms with Crippen molar-refractivity contribution in [3.63, 3.8) is 0 Å². The smallest absolute Gasteiger partial charge is 0.262 e. The number of anilines is 2. The predicted molar refractivity (Wildman–Crippen MR) is 133 cm³/mol. The molecule has 0 saturated carbocycles. The van der Waals surface area contributed by atoms with Gasteiger partial charge in [0.15, 0.2) is 11.5 Å². The number of rotatable bonds is 10. The molecule has 12 heteroatoms. The van der Waals surface area contributed by atoms with Gasteiger partial charge >= 0.3 is 0 Å². The second-order valence-corrected chi connectivity index (χ2v) is 11.0. The number of halogens is 2. The molecule has 3 aromatic rings. The van der Waals surface area contributed by atoms with Crippen molar-refractivity contribution in [2.24, 2.45) is 0 Å². The largest absolute Gasteiger partial charge is 0.490 e. The number of hydrogen-bond acceptors (Lipinski definition) is 6. The summed E-state index contributed by atoms with van der Waals surface area (Å²) in [5.74, 6) is 0.740. The Hall–Kier alpha value is -2.66. The van der Waals surface area contributed by atoms with Crippen LogP contribution in [0.25, 0.3) is 0 Å². The van der Waals surface area contributed by atoms with Gasteiger partial charge in [0.2, 0.25) is 0 Å². The Kier molecular flexibility index (Phi) is 8.19. The van der Waals surface area contributed by atoms with Crippen molar-refractivity contribution in [1.29, 1.82) is 0 Å². The van der Waals surface area contributed by atoms with E-state index in [4.69, 9.17) is 32.7 Å². The zero-order chi connectivity index (χ0) is 24.9. The van der Waals surface area contributed by atoms with E-state index >= 15 is 0 Å². The third-order valence-corrected chi connectivity index (χ3v) is 8.02. The third-order valence-electron chi connectivity index (χ3n) is 4.44. The zero-order valence-electron chi connectivity index (χ0n) is 18.2. The molecule has 182 valence electrons. The fourth-order valence-electron chi connectivity index (χ4n) is 2.90. The van der Waals surface area contributed by atoms with Crippen LogP contribution >= 0.6 is 23.2 Å². The molecule has 0 fully saturated rings. The quantitative estimate of drug-likeness (QED) is 0.353. The zero-order valence-corrected chi connectivity index (χ0v) is 21.4. The molecule has 0 bridgehead atoms. The summed E-state index contributed by atoms with van der Waals surface area (Å²) in [6, 6.07) is 14.1. The highest BCUT2D eigenvalue weighted by molar-refractivity contribution is 7.93. The molecule has 34 heavy (non-hydrogen) atoms. The minimum absolute atomic E-state index is 0.0339. The van der Waals surface area contributed by atoms with Gasteiger partial charge < -0.3 is 9.47 Å². The topological polar surface area (TPSA) is 111 Å². The molecule has 0 amide bonds. The summed E-state index contributed by atoms with van der Waals surface area (Å²) in [5, 5.41) is 0.271. The average molecular weight is 545 g/mol. The van der Waals surface area contributed by atoms with E-state index in [1.54, 1.807) is 13.0 Å². The van der Waals surface area contributed by atoms with E-state index in [0.717, 1.165) is 0 Å². The molecule has 0 unspecified atom stereocenters. The first-order chi connectivity index (χ1) is 16.1. The Balaban J connectivity index is 1.81. The number of nitrogens with one attached hydrogen (secondary N) is 2. The Morgan fingerprint density at radius 1 is 0.735 bits per heavy atom. The molecule has 0 aliphatic rings. The van der Waals surface area contributed by atoms with Crippen LogP contribution in [0.15, 0.2) is 70.5 Å². The van der Waals surface area contributed by atoms with E-state index in [0.29, 0.717) is 24.7 Å². The molecule has 3 aromatic carbocycles. The van der Waals surface area contributed by atoms with Crippen LogP contribution in [0.4, 0.5) is 11.4 Å². The molecule has 0 saturated heterocycles. The van der Waals surface area contributed by atoms with E-state index in [2.05, 4.69) is 9.44 Å². The number of benzene rings is 3. The lowest BCUT2D eigenvalue weighted by Crippen LogP contribution is -2.15. The van der Waals surface area contributed by atoms with Crippen LogP contribution in [0.1, 0.15) is 13.8 Å². The fraction of sp³-hybridized carbons (Fsp3) is 0.182. The van der Waals surface area contributed by atoms with Crippen LogP contribution in [0.2, 0.25) is 10.0 Å². The van der Waals surface area contributed by atoms with Crippen LogP contribution in [0, 0.1) is 0 Å². The molecule has 0 heterocycles. The van der Waals surface area contributed by atoms with E-state index in [1.807, 2.05) is 6.92 Å². The summed E-state index contributed by atoms with van der Waals surface area (Å²) in [6.45, 7) is 4.32. The van der Waals surface area contributed by atoms with Crippen molar-refractivity contribution in [3.8, 4) is 11.5 Å². The van der Waals surface area contributed by atoms with Crippen molar-refractivity contribution < 1.29 is 26.3 Å². The minimum atomic E-state index is -3.99. The molecular weight excluding hydrogens is 523 g/mol. The normalized spacial score (nSPS) is 11.6. The fourth-order valence-corrected chi connectivity index (χ4v) is 5.45. The highest BCUT2D eigenvalue weighted by atomic mass is 35.5. The molecule has 0 radical (unpaired) electrons. The lowest BCUT2D eigenvalue weighted by atomic mass is 10.3. The van der Waals surface area contributed by atoms with Crippen molar-refractivity contribution in [1.82, 2.24) is 0 Å². The number of sulfonamides is 2. The summed E-state index contributed by atoms with van der Waals surface area (Å²) in [5.41, 5.74) is 0.297. The Bertz CT molecular complexity index is 1380. The Morgan fingerprint density at radius 2 is 1.32 bits per heavy atom. The lowest BCUT2D eigenvalue weighted by Gasteiger charge is -2.14. The molecule has 3 rings (SSSR count). The molecular formula is C22H22Cl2N2O6S2. The van der Waals surface area contributed by atoms with Crippen LogP contribution in [-0.4, -0.2) is 30.0 Å².